The normalized spacial score (nSPS) is 36.1. The van der Waals surface area contributed by atoms with E-state index >= 15 is 0 Å². The monoisotopic (exact) mass is 164 g/mol. The molecule has 0 amide bonds. The van der Waals surface area contributed by atoms with E-state index in [0.717, 1.165) is 12.8 Å². The molecular weight excluding hydrogens is 148 g/mol. The van der Waals surface area contributed by atoms with Crippen molar-refractivity contribution in [3.63, 3.8) is 0 Å². The van der Waals surface area contributed by atoms with Crippen molar-refractivity contribution in [2.45, 2.75) is 26.2 Å². The van der Waals surface area contributed by atoms with Crippen LogP contribution in [0.3, 0.4) is 0 Å². The third kappa shape index (κ3) is 1.36. The second kappa shape index (κ2) is 3.26. The lowest BCUT2D eigenvalue weighted by Gasteiger charge is -2.36. The SMILES string of the molecule is C=CC1C(=O)CCCC1(C)C=C. The maximum Gasteiger partial charge on any atom is 0.140 e. The lowest BCUT2D eigenvalue weighted by Crippen LogP contribution is -2.34. The van der Waals surface area contributed by atoms with Crippen molar-refractivity contribution in [1.29, 1.82) is 0 Å². The molecule has 0 saturated heterocycles. The standard InChI is InChI=1S/C11H16O/c1-4-9-10(12)7-6-8-11(9,3)5-2/h4-5,9H,1-2,6-8H2,3H3. The van der Waals surface area contributed by atoms with Crippen LogP contribution in [0.4, 0.5) is 0 Å². The van der Waals surface area contributed by atoms with E-state index in [1.165, 1.54) is 0 Å². The largest absolute Gasteiger partial charge is 0.299 e. The molecule has 0 aromatic heterocycles. The zero-order valence-electron chi connectivity index (χ0n) is 7.68. The van der Waals surface area contributed by atoms with E-state index in [-0.39, 0.29) is 11.3 Å². The lowest BCUT2D eigenvalue weighted by molar-refractivity contribution is -0.126. The maximum absolute atomic E-state index is 11.5. The summed E-state index contributed by atoms with van der Waals surface area (Å²) in [5.74, 6) is 0.308. The van der Waals surface area contributed by atoms with E-state index in [1.54, 1.807) is 6.08 Å². The van der Waals surface area contributed by atoms with Gasteiger partial charge in [0.2, 0.25) is 0 Å². The predicted molar refractivity (Wildman–Crippen MR) is 50.8 cm³/mol. The van der Waals surface area contributed by atoms with Crippen molar-refractivity contribution in [2.75, 3.05) is 0 Å². The molecular formula is C11H16O. The fourth-order valence-corrected chi connectivity index (χ4v) is 1.95. The van der Waals surface area contributed by atoms with Crippen LogP contribution in [-0.4, -0.2) is 5.78 Å². The van der Waals surface area contributed by atoms with Crippen LogP contribution in [0.25, 0.3) is 0 Å². The summed E-state index contributed by atoms with van der Waals surface area (Å²) in [6, 6.07) is 0. The number of ketones is 1. The maximum atomic E-state index is 11.5. The number of hydrogen-bond donors (Lipinski definition) is 0. The van der Waals surface area contributed by atoms with Crippen LogP contribution in [0.5, 0.6) is 0 Å². The van der Waals surface area contributed by atoms with E-state index in [2.05, 4.69) is 20.1 Å². The van der Waals surface area contributed by atoms with E-state index in [9.17, 15) is 4.79 Å². The van der Waals surface area contributed by atoms with Crippen molar-refractivity contribution in [3.8, 4) is 0 Å². The molecule has 2 unspecified atom stereocenters. The van der Waals surface area contributed by atoms with Gasteiger partial charge in [-0.3, -0.25) is 4.79 Å². The summed E-state index contributed by atoms with van der Waals surface area (Å²) < 4.78 is 0. The minimum atomic E-state index is -0.0446. The van der Waals surface area contributed by atoms with Crippen LogP contribution in [0.15, 0.2) is 25.3 Å². The summed E-state index contributed by atoms with van der Waals surface area (Å²) >= 11 is 0. The number of allylic oxidation sites excluding steroid dienone is 2. The molecule has 0 heterocycles. The highest BCUT2D eigenvalue weighted by Crippen LogP contribution is 2.40. The molecule has 1 nitrogen and oxygen atoms in total. The Bertz CT molecular complexity index is 217. The highest BCUT2D eigenvalue weighted by molar-refractivity contribution is 5.84. The average molecular weight is 164 g/mol. The molecule has 0 spiro atoms. The highest BCUT2D eigenvalue weighted by atomic mass is 16.1. The van der Waals surface area contributed by atoms with Gasteiger partial charge in [-0.05, 0) is 18.3 Å². The van der Waals surface area contributed by atoms with Crippen molar-refractivity contribution in [3.05, 3.63) is 25.3 Å². The molecule has 1 fully saturated rings. The number of rotatable bonds is 2. The predicted octanol–water partition coefficient (Wildman–Crippen LogP) is 2.73. The van der Waals surface area contributed by atoms with Crippen LogP contribution < -0.4 is 0 Å². The van der Waals surface area contributed by atoms with Crippen molar-refractivity contribution >= 4 is 5.78 Å². The number of hydrogen-bond acceptors (Lipinski definition) is 1. The van der Waals surface area contributed by atoms with Crippen LogP contribution in [-0.2, 0) is 4.79 Å². The van der Waals surface area contributed by atoms with Gasteiger partial charge >= 0.3 is 0 Å². The summed E-state index contributed by atoms with van der Waals surface area (Å²) in [6.45, 7) is 9.59. The van der Waals surface area contributed by atoms with Crippen molar-refractivity contribution in [1.82, 2.24) is 0 Å². The minimum Gasteiger partial charge on any atom is -0.299 e. The summed E-state index contributed by atoms with van der Waals surface area (Å²) in [5, 5.41) is 0. The topological polar surface area (TPSA) is 17.1 Å². The molecule has 1 heteroatoms. The van der Waals surface area contributed by atoms with Crippen LogP contribution in [0, 0.1) is 11.3 Å². The van der Waals surface area contributed by atoms with Crippen molar-refractivity contribution in [2.24, 2.45) is 11.3 Å². The fourth-order valence-electron chi connectivity index (χ4n) is 1.95. The third-order valence-corrected chi connectivity index (χ3v) is 2.90. The van der Waals surface area contributed by atoms with E-state index < -0.39 is 0 Å². The Hall–Kier alpha value is -0.850. The molecule has 0 aromatic rings. The lowest BCUT2D eigenvalue weighted by atomic mass is 9.67. The first kappa shape index (κ1) is 9.24. The first-order chi connectivity index (χ1) is 5.64. The molecule has 12 heavy (non-hydrogen) atoms. The zero-order chi connectivity index (χ0) is 9.19. The first-order valence-electron chi connectivity index (χ1n) is 4.43. The van der Waals surface area contributed by atoms with Gasteiger partial charge in [-0.2, -0.15) is 0 Å². The Morgan fingerprint density at radius 2 is 2.25 bits per heavy atom. The summed E-state index contributed by atoms with van der Waals surface area (Å²) in [6.07, 6.45) is 6.42. The average Bonchev–Trinajstić information content (AvgIpc) is 2.05. The smallest absolute Gasteiger partial charge is 0.140 e. The quantitative estimate of drug-likeness (QED) is 0.573. The molecule has 1 rings (SSSR count). The van der Waals surface area contributed by atoms with Gasteiger partial charge in [0.1, 0.15) is 5.78 Å². The highest BCUT2D eigenvalue weighted by Gasteiger charge is 2.37. The van der Waals surface area contributed by atoms with E-state index in [1.807, 2.05) is 6.08 Å². The number of Topliss-reactive ketones (excluding diaryl/α,β-unsaturated/α-hetero) is 1. The third-order valence-electron chi connectivity index (χ3n) is 2.90. The molecule has 0 aromatic carbocycles. The van der Waals surface area contributed by atoms with E-state index in [0.29, 0.717) is 12.2 Å². The Morgan fingerprint density at radius 1 is 1.58 bits per heavy atom. The molecule has 66 valence electrons. The molecule has 1 aliphatic carbocycles. The van der Waals surface area contributed by atoms with Gasteiger partial charge in [-0.25, -0.2) is 0 Å². The second-order valence-corrected chi connectivity index (χ2v) is 3.74. The van der Waals surface area contributed by atoms with Gasteiger partial charge in [0.05, 0.1) is 0 Å². The molecule has 0 bridgehead atoms. The van der Waals surface area contributed by atoms with Crippen LogP contribution in [0.2, 0.25) is 0 Å². The summed E-state index contributed by atoms with van der Waals surface area (Å²) in [5.41, 5.74) is -0.0446. The molecule has 1 aliphatic rings. The molecule has 1 saturated carbocycles. The Kier molecular flexibility index (Phi) is 2.51. The molecule has 0 N–H and O–H groups in total. The van der Waals surface area contributed by atoms with Gasteiger partial charge < -0.3 is 0 Å². The number of carbonyl (C=O) groups excluding carboxylic acids is 1. The fraction of sp³-hybridized carbons (Fsp3) is 0.545. The first-order valence-corrected chi connectivity index (χ1v) is 4.43. The minimum absolute atomic E-state index is 0.0104. The van der Waals surface area contributed by atoms with E-state index in [4.69, 9.17) is 0 Å². The summed E-state index contributed by atoms with van der Waals surface area (Å²) in [7, 11) is 0. The molecule has 0 aliphatic heterocycles. The van der Waals surface area contributed by atoms with Crippen LogP contribution >= 0.6 is 0 Å². The van der Waals surface area contributed by atoms with Gasteiger partial charge in [-0.15, -0.1) is 13.2 Å². The van der Waals surface area contributed by atoms with Crippen molar-refractivity contribution < 1.29 is 4.79 Å². The Labute approximate surface area is 74.2 Å². The zero-order valence-corrected chi connectivity index (χ0v) is 7.68. The Morgan fingerprint density at radius 3 is 2.67 bits per heavy atom. The molecule has 0 radical (unpaired) electrons. The summed E-state index contributed by atoms with van der Waals surface area (Å²) in [4.78, 5) is 11.5. The van der Waals surface area contributed by atoms with Gasteiger partial charge in [-0.1, -0.05) is 19.1 Å². The molecule has 2 atom stereocenters. The van der Waals surface area contributed by atoms with Gasteiger partial charge in [0.15, 0.2) is 0 Å². The Balaban J connectivity index is 2.91. The van der Waals surface area contributed by atoms with Gasteiger partial charge in [0, 0.05) is 12.3 Å². The van der Waals surface area contributed by atoms with Gasteiger partial charge in [0.25, 0.3) is 0 Å². The van der Waals surface area contributed by atoms with Crippen LogP contribution in [0.1, 0.15) is 26.2 Å². The second-order valence-electron chi connectivity index (χ2n) is 3.74. The number of carbonyl (C=O) groups is 1.